The number of carbonyl (C=O) groups is 6. The Morgan fingerprint density at radius 1 is 0.585 bits per heavy atom. The number of carboxylic acids is 1. The topological polar surface area (TPSA) is 235 Å². The molecule has 0 bridgehead atoms. The van der Waals surface area contributed by atoms with Crippen LogP contribution in [-0.4, -0.2) is 129 Å². The molecule has 0 aromatic carbocycles. The van der Waals surface area contributed by atoms with Gasteiger partial charge in [-0.25, -0.2) is 19.2 Å². The molecule has 0 aliphatic rings. The van der Waals surface area contributed by atoms with Crippen molar-refractivity contribution < 1.29 is 67.0 Å². The molecule has 0 saturated carbocycles. The number of amides is 4. The maximum absolute atomic E-state index is 11.0. The molecule has 0 fully saturated rings. The predicted octanol–water partition coefficient (Wildman–Crippen LogP) is -0.0148. The zero-order valence-electron chi connectivity index (χ0n) is 24.0. The maximum Gasteiger partial charge on any atom is 0.406 e. The van der Waals surface area contributed by atoms with E-state index in [0.717, 1.165) is 0 Å². The number of carbonyl (C=O) groups excluding carboxylic acids is 5. The molecule has 0 aliphatic carbocycles. The molecule has 0 aromatic rings. The van der Waals surface area contributed by atoms with Gasteiger partial charge in [0.2, 0.25) is 0 Å². The minimum absolute atomic E-state index is 0.0284. The molecule has 0 radical (unpaired) electrons. The summed E-state index contributed by atoms with van der Waals surface area (Å²) in [5.74, 6) is -1.26. The third-order valence-corrected chi connectivity index (χ3v) is 4.41. The van der Waals surface area contributed by atoms with E-state index in [1.807, 2.05) is 0 Å². The third-order valence-electron chi connectivity index (χ3n) is 4.41. The Morgan fingerprint density at radius 2 is 0.902 bits per heavy atom. The second kappa shape index (κ2) is 26.2. The van der Waals surface area contributed by atoms with Crippen molar-refractivity contribution >= 4 is 36.3 Å². The van der Waals surface area contributed by atoms with Crippen LogP contribution in [0.3, 0.4) is 0 Å². The van der Waals surface area contributed by atoms with E-state index in [0.29, 0.717) is 12.8 Å². The predicted molar refractivity (Wildman–Crippen MR) is 139 cm³/mol. The molecule has 4 amide bonds. The standard InChI is InChI=1S/C12H22N2O7.C11H20N2O7/c1-13-11(16)20-7-9(8-21-12(17)14-2)19-6-4-5-10(15)18-3;1-12-10(16)19-6-8(7-20-11(17)13-2)18-5-3-4-9(14)15/h9H,4-8H2,1-3H3,(H,13,16)(H,14,17);8H,3-7H2,1-2H3,(H,12,16)(H,13,17)(H,14,15). The summed E-state index contributed by atoms with van der Waals surface area (Å²) >= 11 is 0. The smallest absolute Gasteiger partial charge is 0.406 e. The SMILES string of the molecule is CNC(=O)OCC(COC(=O)NC)OCCCC(=O)O.CNC(=O)OCC(COC(=O)NC)OCCCC(=O)OC. The van der Waals surface area contributed by atoms with Gasteiger partial charge in [0.05, 0.1) is 7.11 Å². The molecule has 41 heavy (non-hydrogen) atoms. The highest BCUT2D eigenvalue weighted by Crippen LogP contribution is 2.01. The fraction of sp³-hybridized carbons (Fsp3) is 0.739. The molecule has 0 saturated heterocycles. The summed E-state index contributed by atoms with van der Waals surface area (Å²) in [5.41, 5.74) is 0. The molecule has 238 valence electrons. The number of alkyl carbamates (subject to hydrolysis) is 4. The first-order chi connectivity index (χ1) is 19.5. The number of esters is 1. The quantitative estimate of drug-likeness (QED) is 0.0793. The molecule has 0 aromatic heterocycles. The monoisotopic (exact) mass is 598 g/mol. The molecule has 18 heteroatoms. The van der Waals surface area contributed by atoms with Gasteiger partial charge in [0, 0.05) is 54.2 Å². The fourth-order valence-electron chi connectivity index (χ4n) is 2.29. The molecule has 0 unspecified atom stereocenters. The van der Waals surface area contributed by atoms with Crippen LogP contribution in [0.2, 0.25) is 0 Å². The Bertz CT molecular complexity index is 743. The van der Waals surface area contributed by atoms with Crippen LogP contribution in [0.4, 0.5) is 19.2 Å². The van der Waals surface area contributed by atoms with Gasteiger partial charge in [-0.05, 0) is 12.8 Å². The van der Waals surface area contributed by atoms with E-state index >= 15 is 0 Å². The highest BCUT2D eigenvalue weighted by atomic mass is 16.6. The molecule has 0 aliphatic heterocycles. The Hall–Kier alpha value is -4.06. The number of carboxylic acid groups (broad SMARTS) is 1. The lowest BCUT2D eigenvalue weighted by Gasteiger charge is -2.17. The Morgan fingerprint density at radius 3 is 1.17 bits per heavy atom. The van der Waals surface area contributed by atoms with E-state index in [1.54, 1.807) is 0 Å². The summed E-state index contributed by atoms with van der Waals surface area (Å²) in [7, 11) is 6.98. The van der Waals surface area contributed by atoms with Crippen LogP contribution in [0.5, 0.6) is 0 Å². The molecule has 0 heterocycles. The second-order valence-electron chi connectivity index (χ2n) is 7.56. The van der Waals surface area contributed by atoms with Gasteiger partial charge >= 0.3 is 36.3 Å². The molecule has 0 spiro atoms. The lowest BCUT2D eigenvalue weighted by atomic mass is 10.3. The number of methoxy groups -OCH3 is 1. The van der Waals surface area contributed by atoms with E-state index in [9.17, 15) is 28.8 Å². The van der Waals surface area contributed by atoms with E-state index in [-0.39, 0.29) is 58.5 Å². The van der Waals surface area contributed by atoms with Crippen molar-refractivity contribution in [1.82, 2.24) is 21.3 Å². The summed E-state index contributed by atoms with van der Waals surface area (Å²) in [6.07, 6.45) is -2.82. The van der Waals surface area contributed by atoms with E-state index in [2.05, 4.69) is 26.0 Å². The van der Waals surface area contributed by atoms with Gasteiger partial charge in [-0.3, -0.25) is 9.59 Å². The normalized spacial score (nSPS) is 9.93. The first-order valence-corrected chi connectivity index (χ1v) is 12.4. The molecular weight excluding hydrogens is 556 g/mol. The van der Waals surface area contributed by atoms with Crippen LogP contribution in [0.25, 0.3) is 0 Å². The highest BCUT2D eigenvalue weighted by Gasteiger charge is 2.16. The summed E-state index contributed by atoms with van der Waals surface area (Å²) in [4.78, 5) is 65.2. The van der Waals surface area contributed by atoms with Crippen molar-refractivity contribution in [2.24, 2.45) is 0 Å². The summed E-state index contributed by atoms with van der Waals surface area (Å²) in [6.45, 7) is 0.0381. The zero-order chi connectivity index (χ0) is 31.5. The van der Waals surface area contributed by atoms with Crippen LogP contribution in [-0.2, 0) is 42.7 Å². The van der Waals surface area contributed by atoms with Gasteiger partial charge in [-0.1, -0.05) is 0 Å². The number of rotatable bonds is 18. The van der Waals surface area contributed by atoms with Crippen molar-refractivity contribution in [2.75, 3.05) is 74.9 Å². The maximum atomic E-state index is 11.0. The van der Waals surface area contributed by atoms with Gasteiger partial charge < -0.3 is 59.5 Å². The van der Waals surface area contributed by atoms with Gasteiger partial charge in [0.15, 0.2) is 0 Å². The molecule has 0 rings (SSSR count). The Balaban J connectivity index is 0. The Labute approximate surface area is 238 Å². The minimum Gasteiger partial charge on any atom is -0.481 e. The van der Waals surface area contributed by atoms with E-state index in [1.165, 1.54) is 35.3 Å². The molecular formula is C23H42N4O14. The highest BCUT2D eigenvalue weighted by molar-refractivity contribution is 5.69. The first-order valence-electron chi connectivity index (χ1n) is 12.4. The van der Waals surface area contributed by atoms with Crippen molar-refractivity contribution in [3.63, 3.8) is 0 Å². The van der Waals surface area contributed by atoms with Crippen molar-refractivity contribution in [1.29, 1.82) is 0 Å². The van der Waals surface area contributed by atoms with Gasteiger partial charge in [0.1, 0.15) is 38.6 Å². The zero-order valence-corrected chi connectivity index (χ0v) is 24.0. The number of aliphatic carboxylic acids is 1. The number of hydrogen-bond acceptors (Lipinski definition) is 13. The van der Waals surface area contributed by atoms with Gasteiger partial charge in [-0.15, -0.1) is 0 Å². The average molecular weight is 599 g/mol. The number of hydrogen-bond donors (Lipinski definition) is 5. The van der Waals surface area contributed by atoms with Gasteiger partial charge in [-0.2, -0.15) is 0 Å². The lowest BCUT2D eigenvalue weighted by Crippen LogP contribution is -2.33. The van der Waals surface area contributed by atoms with Crippen LogP contribution in [0.1, 0.15) is 25.7 Å². The van der Waals surface area contributed by atoms with Crippen LogP contribution in [0.15, 0.2) is 0 Å². The first kappa shape index (κ1) is 39.1. The summed E-state index contributed by atoms with van der Waals surface area (Å²) < 4.78 is 34.5. The number of nitrogens with one attached hydrogen (secondary N) is 4. The van der Waals surface area contributed by atoms with Gasteiger partial charge in [0.25, 0.3) is 0 Å². The van der Waals surface area contributed by atoms with Crippen molar-refractivity contribution in [3.8, 4) is 0 Å². The largest absolute Gasteiger partial charge is 0.481 e. The van der Waals surface area contributed by atoms with Crippen molar-refractivity contribution in [2.45, 2.75) is 37.9 Å². The molecule has 18 nitrogen and oxygen atoms in total. The fourth-order valence-corrected chi connectivity index (χ4v) is 2.29. The summed E-state index contributed by atoms with van der Waals surface area (Å²) in [5, 5.41) is 17.6. The molecule has 0 atom stereocenters. The lowest BCUT2D eigenvalue weighted by molar-refractivity contribution is -0.141. The van der Waals surface area contributed by atoms with Crippen LogP contribution in [0, 0.1) is 0 Å². The Kier molecular flexibility index (Phi) is 25.0. The summed E-state index contributed by atoms with van der Waals surface area (Å²) in [6, 6.07) is 0. The average Bonchev–Trinajstić information content (AvgIpc) is 2.98. The molecule has 5 N–H and O–H groups in total. The third kappa shape index (κ3) is 26.0. The minimum atomic E-state index is -0.923. The van der Waals surface area contributed by atoms with E-state index < -0.39 is 42.6 Å². The van der Waals surface area contributed by atoms with E-state index in [4.69, 9.17) is 33.5 Å². The van der Waals surface area contributed by atoms with Crippen molar-refractivity contribution in [3.05, 3.63) is 0 Å². The second-order valence-corrected chi connectivity index (χ2v) is 7.56. The van der Waals surface area contributed by atoms with Crippen LogP contribution >= 0.6 is 0 Å². The number of ether oxygens (including phenoxy) is 7. The van der Waals surface area contributed by atoms with Crippen LogP contribution < -0.4 is 21.3 Å².